The van der Waals surface area contributed by atoms with Gasteiger partial charge in [-0.2, -0.15) is 0 Å². The Morgan fingerprint density at radius 3 is 2.73 bits per heavy atom. The van der Waals surface area contributed by atoms with E-state index >= 15 is 0 Å². The molecule has 84 valence electrons. The van der Waals surface area contributed by atoms with E-state index in [2.05, 4.69) is 38.3 Å². The van der Waals surface area contributed by atoms with Crippen molar-refractivity contribution in [2.24, 2.45) is 5.92 Å². The monoisotopic (exact) mass is 223 g/mol. The fraction of sp³-hybridized carbons (Fsp3) is 0.692. The van der Waals surface area contributed by atoms with Crippen LogP contribution in [-0.4, -0.2) is 13.1 Å². The van der Waals surface area contributed by atoms with Crippen molar-refractivity contribution < 1.29 is 0 Å². The molecule has 2 rings (SSSR count). The summed E-state index contributed by atoms with van der Waals surface area (Å²) in [6.45, 7) is 4.56. The van der Waals surface area contributed by atoms with Crippen LogP contribution in [-0.2, 0) is 6.42 Å². The molecule has 1 fully saturated rings. The zero-order chi connectivity index (χ0) is 10.8. The molecule has 1 N–H and O–H groups in total. The van der Waals surface area contributed by atoms with E-state index in [4.69, 9.17) is 0 Å². The van der Waals surface area contributed by atoms with E-state index in [9.17, 15) is 0 Å². The van der Waals surface area contributed by atoms with Gasteiger partial charge in [0, 0.05) is 15.8 Å². The maximum absolute atomic E-state index is 3.43. The molecule has 1 saturated carbocycles. The molecule has 0 spiro atoms. The zero-order valence-corrected chi connectivity index (χ0v) is 10.7. The predicted molar refractivity (Wildman–Crippen MR) is 67.7 cm³/mol. The summed E-state index contributed by atoms with van der Waals surface area (Å²) in [5.41, 5.74) is 0. The molecule has 15 heavy (non-hydrogen) atoms. The minimum absolute atomic E-state index is 0.757. The Bertz CT molecular complexity index is 318. The van der Waals surface area contributed by atoms with Crippen molar-refractivity contribution >= 4 is 11.3 Å². The Kier molecular flexibility index (Phi) is 3.47. The highest BCUT2D eigenvalue weighted by atomic mass is 32.1. The molecule has 1 aromatic rings. The quantitative estimate of drug-likeness (QED) is 0.825. The van der Waals surface area contributed by atoms with E-state index < -0.39 is 0 Å². The van der Waals surface area contributed by atoms with Crippen LogP contribution in [0.4, 0.5) is 0 Å². The van der Waals surface area contributed by atoms with Crippen molar-refractivity contribution in [1.82, 2.24) is 5.32 Å². The van der Waals surface area contributed by atoms with Crippen LogP contribution in [0.3, 0.4) is 0 Å². The Balaban J connectivity index is 2.06. The van der Waals surface area contributed by atoms with Crippen LogP contribution in [0.25, 0.3) is 0 Å². The zero-order valence-electron chi connectivity index (χ0n) is 9.92. The van der Waals surface area contributed by atoms with Crippen LogP contribution in [0.1, 0.15) is 42.4 Å². The van der Waals surface area contributed by atoms with Gasteiger partial charge in [-0.25, -0.2) is 0 Å². The molecule has 1 nitrogen and oxygen atoms in total. The fourth-order valence-electron chi connectivity index (χ4n) is 2.72. The van der Waals surface area contributed by atoms with Crippen LogP contribution in [0, 0.1) is 5.92 Å². The summed E-state index contributed by atoms with van der Waals surface area (Å²) >= 11 is 2.02. The standard InChI is InChI=1S/C13H21NS/c1-4-9-6-7-13(15-9)11-8-12(14-3)10(11)5-2/h6-7,10-12,14H,4-5,8H2,1-3H3. The topological polar surface area (TPSA) is 12.0 Å². The fourth-order valence-corrected chi connectivity index (χ4v) is 3.86. The van der Waals surface area contributed by atoms with Crippen LogP contribution < -0.4 is 5.32 Å². The summed E-state index contributed by atoms with van der Waals surface area (Å²) in [5, 5.41) is 3.43. The second-order valence-electron chi connectivity index (χ2n) is 4.47. The first-order chi connectivity index (χ1) is 7.30. The van der Waals surface area contributed by atoms with E-state index in [-0.39, 0.29) is 0 Å². The van der Waals surface area contributed by atoms with Gasteiger partial charge < -0.3 is 5.32 Å². The minimum atomic E-state index is 0.757. The minimum Gasteiger partial charge on any atom is -0.317 e. The maximum Gasteiger partial charge on any atom is 0.0105 e. The highest BCUT2D eigenvalue weighted by Crippen LogP contribution is 2.46. The third kappa shape index (κ3) is 1.98. The Hall–Kier alpha value is -0.340. The van der Waals surface area contributed by atoms with Gasteiger partial charge in [0.25, 0.3) is 0 Å². The number of rotatable bonds is 4. The first kappa shape index (κ1) is 11.2. The van der Waals surface area contributed by atoms with Crippen molar-refractivity contribution in [2.75, 3.05) is 7.05 Å². The van der Waals surface area contributed by atoms with Crippen molar-refractivity contribution in [3.63, 3.8) is 0 Å². The maximum atomic E-state index is 3.43. The summed E-state index contributed by atoms with van der Waals surface area (Å²) in [6.07, 6.45) is 3.82. The normalized spacial score (nSPS) is 30.2. The molecule has 1 aliphatic carbocycles. The van der Waals surface area contributed by atoms with Gasteiger partial charge in [-0.3, -0.25) is 0 Å². The summed E-state index contributed by atoms with van der Waals surface area (Å²) in [4.78, 5) is 3.15. The molecule has 3 atom stereocenters. The number of thiophene rings is 1. The molecule has 3 unspecified atom stereocenters. The smallest absolute Gasteiger partial charge is 0.0105 e. The first-order valence-electron chi connectivity index (χ1n) is 6.06. The number of hydrogen-bond donors (Lipinski definition) is 1. The lowest BCUT2D eigenvalue weighted by atomic mass is 9.67. The first-order valence-corrected chi connectivity index (χ1v) is 6.87. The van der Waals surface area contributed by atoms with Gasteiger partial charge in [0.05, 0.1) is 0 Å². The van der Waals surface area contributed by atoms with Crippen LogP contribution >= 0.6 is 11.3 Å². The second kappa shape index (κ2) is 4.67. The second-order valence-corrected chi connectivity index (χ2v) is 5.67. The van der Waals surface area contributed by atoms with Gasteiger partial charge >= 0.3 is 0 Å². The molecule has 0 amide bonds. The molecule has 0 bridgehead atoms. The van der Waals surface area contributed by atoms with Gasteiger partial charge in [-0.05, 0) is 43.9 Å². The molecule has 0 aliphatic heterocycles. The van der Waals surface area contributed by atoms with Gasteiger partial charge in [-0.15, -0.1) is 11.3 Å². The lowest BCUT2D eigenvalue weighted by molar-refractivity contribution is 0.172. The molecule has 1 aliphatic rings. The molecule has 1 heterocycles. The molecule has 0 radical (unpaired) electrons. The van der Waals surface area contributed by atoms with Crippen molar-refractivity contribution in [2.45, 2.75) is 45.1 Å². The van der Waals surface area contributed by atoms with Crippen LogP contribution in [0.5, 0.6) is 0 Å². The summed E-state index contributed by atoms with van der Waals surface area (Å²) < 4.78 is 0. The van der Waals surface area contributed by atoms with Crippen molar-refractivity contribution in [1.29, 1.82) is 0 Å². The Morgan fingerprint density at radius 2 is 2.20 bits per heavy atom. The molecular weight excluding hydrogens is 202 g/mol. The molecule has 0 saturated heterocycles. The van der Waals surface area contributed by atoms with Gasteiger partial charge in [0.2, 0.25) is 0 Å². The third-order valence-electron chi connectivity index (χ3n) is 3.78. The highest BCUT2D eigenvalue weighted by Gasteiger charge is 2.40. The van der Waals surface area contributed by atoms with E-state index in [1.807, 2.05) is 11.3 Å². The van der Waals surface area contributed by atoms with E-state index in [1.165, 1.54) is 24.1 Å². The van der Waals surface area contributed by atoms with E-state index in [0.29, 0.717) is 0 Å². The molecular formula is C13H21NS. The molecule has 1 aromatic heterocycles. The lowest BCUT2D eigenvalue weighted by Gasteiger charge is -2.44. The number of aryl methyl sites for hydroxylation is 1. The largest absolute Gasteiger partial charge is 0.317 e. The summed E-state index contributed by atoms with van der Waals surface area (Å²) in [7, 11) is 2.09. The summed E-state index contributed by atoms with van der Waals surface area (Å²) in [6, 6.07) is 5.41. The molecule has 2 heteroatoms. The van der Waals surface area contributed by atoms with Gasteiger partial charge in [-0.1, -0.05) is 20.3 Å². The van der Waals surface area contributed by atoms with E-state index in [1.54, 1.807) is 4.88 Å². The number of hydrogen-bond acceptors (Lipinski definition) is 2. The van der Waals surface area contributed by atoms with Gasteiger partial charge in [0.15, 0.2) is 0 Å². The Morgan fingerprint density at radius 1 is 1.40 bits per heavy atom. The lowest BCUT2D eigenvalue weighted by Crippen LogP contribution is -2.47. The highest BCUT2D eigenvalue weighted by molar-refractivity contribution is 7.12. The van der Waals surface area contributed by atoms with Crippen LogP contribution in [0.2, 0.25) is 0 Å². The SMILES string of the molecule is CCc1ccc(C2CC(NC)C2CC)s1. The van der Waals surface area contributed by atoms with Gasteiger partial charge in [0.1, 0.15) is 0 Å². The Labute approximate surface area is 96.9 Å². The van der Waals surface area contributed by atoms with Crippen LogP contribution in [0.15, 0.2) is 12.1 Å². The van der Waals surface area contributed by atoms with E-state index in [0.717, 1.165) is 17.9 Å². The third-order valence-corrected chi connectivity index (χ3v) is 5.14. The number of nitrogens with one attached hydrogen (secondary N) is 1. The predicted octanol–water partition coefficient (Wildman–Crippen LogP) is 3.41. The molecule has 0 aromatic carbocycles. The average Bonchev–Trinajstić information content (AvgIpc) is 2.66. The van der Waals surface area contributed by atoms with Crippen molar-refractivity contribution in [3.8, 4) is 0 Å². The summed E-state index contributed by atoms with van der Waals surface area (Å²) in [5.74, 6) is 1.69. The average molecular weight is 223 g/mol. The van der Waals surface area contributed by atoms with Crippen molar-refractivity contribution in [3.05, 3.63) is 21.9 Å².